The van der Waals surface area contributed by atoms with Crippen molar-refractivity contribution in [3.05, 3.63) is 29.6 Å². The highest BCUT2D eigenvalue weighted by Gasteiger charge is 2.10. The fourth-order valence-corrected chi connectivity index (χ4v) is 1.32. The quantitative estimate of drug-likeness (QED) is 0.820. The van der Waals surface area contributed by atoms with E-state index in [-0.39, 0.29) is 23.3 Å². The second-order valence-electron chi connectivity index (χ2n) is 3.71. The molecule has 4 nitrogen and oxygen atoms in total. The highest BCUT2D eigenvalue weighted by Crippen LogP contribution is 2.18. The number of benzene rings is 1. The Balaban J connectivity index is 2.69. The molecule has 98 valence electrons. The molecule has 1 rings (SSSR count). The largest absolute Gasteiger partial charge is 0.481 e. The summed E-state index contributed by atoms with van der Waals surface area (Å²) >= 11 is 4.73. The van der Waals surface area contributed by atoms with Crippen molar-refractivity contribution in [2.24, 2.45) is 5.73 Å². The molecule has 0 heterocycles. The molecule has 0 radical (unpaired) electrons. The molecule has 0 aliphatic rings. The van der Waals surface area contributed by atoms with Crippen molar-refractivity contribution in [2.45, 2.75) is 6.92 Å². The van der Waals surface area contributed by atoms with E-state index in [2.05, 4.69) is 0 Å². The topological polar surface area (TPSA) is 55.6 Å². The molecular formula is C12H15FN2O2S. The number of carbonyl (C=O) groups excluding carboxylic acids is 1. The van der Waals surface area contributed by atoms with Gasteiger partial charge in [0.15, 0.2) is 18.2 Å². The average molecular weight is 270 g/mol. The number of carbonyl (C=O) groups is 1. The van der Waals surface area contributed by atoms with Gasteiger partial charge in [0.05, 0.1) is 0 Å². The van der Waals surface area contributed by atoms with Crippen molar-refractivity contribution in [1.82, 2.24) is 4.90 Å². The van der Waals surface area contributed by atoms with Gasteiger partial charge in [-0.2, -0.15) is 0 Å². The Morgan fingerprint density at radius 3 is 2.72 bits per heavy atom. The lowest BCUT2D eigenvalue weighted by molar-refractivity contribution is -0.131. The van der Waals surface area contributed by atoms with E-state index in [4.69, 9.17) is 22.7 Å². The number of thiocarbonyl (C=S) groups is 1. The summed E-state index contributed by atoms with van der Waals surface area (Å²) in [4.78, 5) is 13.1. The number of hydrogen-bond acceptors (Lipinski definition) is 3. The van der Waals surface area contributed by atoms with Gasteiger partial charge >= 0.3 is 0 Å². The third-order valence-corrected chi connectivity index (χ3v) is 2.70. The van der Waals surface area contributed by atoms with Crippen LogP contribution in [0.4, 0.5) is 4.39 Å². The molecule has 0 bridgehead atoms. The van der Waals surface area contributed by atoms with E-state index in [9.17, 15) is 9.18 Å². The number of nitrogens with two attached hydrogens (primary N) is 1. The SMILES string of the molecule is CCN(C)C(=O)COc1ccc(C(N)=S)cc1F. The summed E-state index contributed by atoms with van der Waals surface area (Å²) in [5.74, 6) is -0.796. The van der Waals surface area contributed by atoms with Gasteiger partial charge in [-0.05, 0) is 25.1 Å². The Kier molecular flexibility index (Phi) is 5.03. The molecule has 1 aromatic carbocycles. The van der Waals surface area contributed by atoms with Crippen molar-refractivity contribution in [3.8, 4) is 5.75 Å². The maximum Gasteiger partial charge on any atom is 0.260 e. The molecule has 18 heavy (non-hydrogen) atoms. The zero-order valence-electron chi connectivity index (χ0n) is 10.3. The summed E-state index contributed by atoms with van der Waals surface area (Å²) in [7, 11) is 1.65. The summed E-state index contributed by atoms with van der Waals surface area (Å²) in [5, 5.41) is 0. The van der Waals surface area contributed by atoms with Crippen molar-refractivity contribution in [3.63, 3.8) is 0 Å². The molecule has 6 heteroatoms. The molecule has 1 aromatic rings. The van der Waals surface area contributed by atoms with Crippen LogP contribution in [0.15, 0.2) is 18.2 Å². The van der Waals surface area contributed by atoms with E-state index in [1.54, 1.807) is 13.1 Å². The Labute approximate surface area is 111 Å². The Bertz CT molecular complexity index is 465. The summed E-state index contributed by atoms with van der Waals surface area (Å²) in [6, 6.07) is 4.14. The number of hydrogen-bond donors (Lipinski definition) is 1. The Morgan fingerprint density at radius 2 is 2.22 bits per heavy atom. The van der Waals surface area contributed by atoms with Gasteiger partial charge < -0.3 is 15.4 Å². The van der Waals surface area contributed by atoms with E-state index in [0.717, 1.165) is 0 Å². The predicted molar refractivity (Wildman–Crippen MR) is 71.1 cm³/mol. The molecule has 0 unspecified atom stereocenters. The van der Waals surface area contributed by atoms with E-state index >= 15 is 0 Å². The van der Waals surface area contributed by atoms with Crippen LogP contribution in [0.5, 0.6) is 5.75 Å². The normalized spacial score (nSPS) is 9.94. The third kappa shape index (κ3) is 3.66. The highest BCUT2D eigenvalue weighted by atomic mass is 32.1. The van der Waals surface area contributed by atoms with Crippen LogP contribution in [-0.4, -0.2) is 36.0 Å². The molecule has 1 amide bonds. The van der Waals surface area contributed by atoms with Crippen molar-refractivity contribution in [1.29, 1.82) is 0 Å². The summed E-state index contributed by atoms with van der Waals surface area (Å²) < 4.78 is 18.7. The number of nitrogens with zero attached hydrogens (tertiary/aromatic N) is 1. The first kappa shape index (κ1) is 14.4. The lowest BCUT2D eigenvalue weighted by atomic mass is 10.2. The molecule has 0 spiro atoms. The molecule has 0 fully saturated rings. The first-order valence-electron chi connectivity index (χ1n) is 5.41. The standard InChI is InChI=1S/C12H15FN2O2S/c1-3-15(2)11(16)7-17-10-5-4-8(12(14)18)6-9(10)13/h4-6H,3,7H2,1-2H3,(H2,14,18). The predicted octanol–water partition coefficient (Wildman–Crippen LogP) is 1.32. The fourth-order valence-electron chi connectivity index (χ4n) is 1.20. The van der Waals surface area contributed by atoms with Gasteiger partial charge in [-0.15, -0.1) is 0 Å². The minimum Gasteiger partial charge on any atom is -0.481 e. The first-order valence-corrected chi connectivity index (χ1v) is 5.82. The first-order chi connectivity index (χ1) is 8.45. The number of amides is 1. The average Bonchev–Trinajstić information content (AvgIpc) is 2.35. The van der Waals surface area contributed by atoms with Gasteiger partial charge in [-0.25, -0.2) is 4.39 Å². The van der Waals surface area contributed by atoms with Gasteiger partial charge in [0.1, 0.15) is 4.99 Å². The summed E-state index contributed by atoms with van der Waals surface area (Å²) in [6.45, 7) is 2.22. The molecule has 0 aliphatic heterocycles. The summed E-state index contributed by atoms with van der Waals surface area (Å²) in [6.07, 6.45) is 0. The van der Waals surface area contributed by atoms with Crippen molar-refractivity contribution >= 4 is 23.1 Å². The van der Waals surface area contributed by atoms with E-state index in [1.165, 1.54) is 17.0 Å². The summed E-state index contributed by atoms with van der Waals surface area (Å²) in [5.41, 5.74) is 5.80. The van der Waals surface area contributed by atoms with Gasteiger partial charge in [0.25, 0.3) is 5.91 Å². The van der Waals surface area contributed by atoms with Gasteiger partial charge in [0.2, 0.25) is 0 Å². The monoisotopic (exact) mass is 270 g/mol. The molecule has 0 aliphatic carbocycles. The van der Waals surface area contributed by atoms with Crippen LogP contribution < -0.4 is 10.5 Å². The minimum absolute atomic E-state index is 0.00727. The van der Waals surface area contributed by atoms with Crippen molar-refractivity contribution < 1.29 is 13.9 Å². The molecular weight excluding hydrogens is 255 g/mol. The van der Waals surface area contributed by atoms with E-state index in [0.29, 0.717) is 12.1 Å². The van der Waals surface area contributed by atoms with E-state index < -0.39 is 5.82 Å². The lowest BCUT2D eigenvalue weighted by Gasteiger charge is -2.15. The number of rotatable bonds is 5. The second-order valence-corrected chi connectivity index (χ2v) is 4.15. The van der Waals surface area contributed by atoms with Crippen LogP contribution in [0.3, 0.4) is 0 Å². The van der Waals surface area contributed by atoms with Crippen LogP contribution in [0.1, 0.15) is 12.5 Å². The molecule has 0 saturated heterocycles. The van der Waals surface area contributed by atoms with E-state index in [1.807, 2.05) is 6.92 Å². The molecule has 2 N–H and O–H groups in total. The number of halogens is 1. The van der Waals surface area contributed by atoms with Crippen LogP contribution in [0.25, 0.3) is 0 Å². The highest BCUT2D eigenvalue weighted by molar-refractivity contribution is 7.80. The Hall–Kier alpha value is -1.69. The van der Waals surface area contributed by atoms with Crippen LogP contribution in [0, 0.1) is 5.82 Å². The van der Waals surface area contributed by atoms with Crippen molar-refractivity contribution in [2.75, 3.05) is 20.2 Å². The van der Waals surface area contributed by atoms with Crippen LogP contribution >= 0.6 is 12.2 Å². The zero-order valence-corrected chi connectivity index (χ0v) is 11.1. The fraction of sp³-hybridized carbons (Fsp3) is 0.333. The molecule has 0 atom stereocenters. The zero-order chi connectivity index (χ0) is 13.7. The maximum atomic E-state index is 13.6. The molecule has 0 saturated carbocycles. The minimum atomic E-state index is -0.591. The Morgan fingerprint density at radius 1 is 1.56 bits per heavy atom. The number of ether oxygens (including phenoxy) is 1. The smallest absolute Gasteiger partial charge is 0.260 e. The second kappa shape index (κ2) is 6.30. The molecule has 0 aromatic heterocycles. The third-order valence-electron chi connectivity index (χ3n) is 2.47. The van der Waals surface area contributed by atoms with Crippen LogP contribution in [-0.2, 0) is 4.79 Å². The maximum absolute atomic E-state index is 13.6. The van der Waals surface area contributed by atoms with Gasteiger partial charge in [-0.1, -0.05) is 12.2 Å². The lowest BCUT2D eigenvalue weighted by Crippen LogP contribution is -2.31. The van der Waals surface area contributed by atoms with Crippen LogP contribution in [0.2, 0.25) is 0 Å². The number of likely N-dealkylation sites (N-methyl/N-ethyl adjacent to an activating group) is 1. The van der Waals surface area contributed by atoms with Gasteiger partial charge in [0, 0.05) is 19.2 Å². The van der Waals surface area contributed by atoms with Gasteiger partial charge in [-0.3, -0.25) is 4.79 Å².